The van der Waals surface area contributed by atoms with Crippen LogP contribution in [0.1, 0.15) is 90.9 Å². The normalized spacial score (nSPS) is 34.1. The summed E-state index contributed by atoms with van der Waals surface area (Å²) in [6.45, 7) is 6.89. The van der Waals surface area contributed by atoms with Gasteiger partial charge < -0.3 is 0 Å². The van der Waals surface area contributed by atoms with E-state index in [0.717, 1.165) is 10.4 Å². The predicted octanol–water partition coefficient (Wildman–Crippen LogP) is 6.16. The van der Waals surface area contributed by atoms with Gasteiger partial charge in [-0.05, 0) is 12.8 Å². The van der Waals surface area contributed by atoms with Crippen LogP contribution in [0.15, 0.2) is 0 Å². The van der Waals surface area contributed by atoms with Crippen LogP contribution in [-0.4, -0.2) is 29.3 Å². The van der Waals surface area contributed by atoms with E-state index in [1.807, 2.05) is 0 Å². The first-order valence-corrected chi connectivity index (χ1v) is 11.6. The summed E-state index contributed by atoms with van der Waals surface area (Å²) >= 11 is 0. The molecule has 3 atom stereocenters. The quantitative estimate of drug-likeness (QED) is 0.240. The van der Waals surface area contributed by atoms with Gasteiger partial charge in [-0.2, -0.15) is 0 Å². The first kappa shape index (κ1) is 17.5. The molecule has 2 aliphatic rings. The summed E-state index contributed by atoms with van der Waals surface area (Å²) in [6, 6.07) is 0. The van der Waals surface area contributed by atoms with Gasteiger partial charge in [-0.1, -0.05) is 65.2 Å². The number of quaternary nitrogens is 1. The molecule has 0 aromatic carbocycles. The zero-order valence-corrected chi connectivity index (χ0v) is 15.4. The predicted molar refractivity (Wildman–Crippen MR) is 93.0 cm³/mol. The zero-order chi connectivity index (χ0) is 15.2. The van der Waals surface area contributed by atoms with Gasteiger partial charge in [0.2, 0.25) is 0 Å². The van der Waals surface area contributed by atoms with E-state index >= 15 is 0 Å². The molecule has 2 fully saturated rings. The van der Waals surface area contributed by atoms with E-state index in [1.54, 1.807) is 0 Å². The molecule has 0 spiro atoms. The monoisotopic (exact) mass is 314 g/mol. The lowest BCUT2D eigenvalue weighted by atomic mass is 10.1. The van der Waals surface area contributed by atoms with Gasteiger partial charge in [-0.15, -0.1) is 0 Å². The number of nitrogens with zero attached hydrogens (tertiary/aromatic N) is 1. The highest BCUT2D eigenvalue weighted by molar-refractivity contribution is 7.64. The first-order chi connectivity index (χ1) is 10.2. The van der Waals surface area contributed by atoms with Crippen LogP contribution in [0.5, 0.6) is 0 Å². The minimum Gasteiger partial charge on any atom is -0.266 e. The van der Waals surface area contributed by atoms with Gasteiger partial charge in [0.05, 0.1) is 19.3 Å². The lowest BCUT2D eigenvalue weighted by Gasteiger charge is -2.16. The highest BCUT2D eigenvalue weighted by Crippen LogP contribution is 2.82. The fourth-order valence-electron chi connectivity index (χ4n) is 4.67. The Morgan fingerprint density at radius 2 is 1.48 bits per heavy atom. The molecule has 3 unspecified atom stereocenters. The second kappa shape index (κ2) is 8.16. The summed E-state index contributed by atoms with van der Waals surface area (Å²) in [4.78, 5) is 0. The van der Waals surface area contributed by atoms with Crippen molar-refractivity contribution in [1.82, 2.24) is 0 Å². The number of fused-ring (bicyclic) bond motifs is 1. The minimum absolute atomic E-state index is 0.598. The van der Waals surface area contributed by atoms with Crippen LogP contribution in [0.4, 0.5) is 0 Å². The molecule has 0 aromatic heterocycles. The Hall–Kier alpha value is 0.190. The molecule has 0 bridgehead atoms. The lowest BCUT2D eigenvalue weighted by Crippen LogP contribution is -2.25. The first-order valence-electron chi connectivity index (χ1n) is 9.67. The van der Waals surface area contributed by atoms with E-state index in [2.05, 4.69) is 13.8 Å². The summed E-state index contributed by atoms with van der Waals surface area (Å²) in [5.74, 6) is 0.598. The van der Waals surface area contributed by atoms with Crippen molar-refractivity contribution in [2.45, 2.75) is 96.7 Å². The molecule has 0 amide bonds. The number of hydrogen-bond acceptors (Lipinski definition) is 1. The maximum atomic E-state index is 12.8. The summed E-state index contributed by atoms with van der Waals surface area (Å²) in [6.07, 6.45) is 17.5. The fourth-order valence-corrected chi connectivity index (χ4v) is 9.03. The molecule has 0 N–H and O–H groups in total. The molecule has 2 nitrogen and oxygen atoms in total. The fraction of sp³-hybridized carbons (Fsp3) is 1.00. The summed E-state index contributed by atoms with van der Waals surface area (Å²) in [5.41, 5.74) is 0. The molecule has 0 aromatic rings. The largest absolute Gasteiger partial charge is 0.303 e. The molecule has 3 heteroatoms. The topological polar surface area (TPSA) is 17.1 Å². The molecule has 2 heterocycles. The number of unbranched alkanes of at least 4 members (excludes halogenated alkanes) is 9. The summed E-state index contributed by atoms with van der Waals surface area (Å²) in [5, 5.41) is 0. The SMILES string of the molecule is CCCCCCCCCCCC[N+]12CCCC1P2(=O)CC. The van der Waals surface area contributed by atoms with Crippen molar-refractivity contribution >= 4 is 7.29 Å². The van der Waals surface area contributed by atoms with Gasteiger partial charge in [-0.3, -0.25) is 8.82 Å². The van der Waals surface area contributed by atoms with E-state index in [0.29, 0.717) is 5.78 Å². The highest BCUT2D eigenvalue weighted by atomic mass is 31.2. The van der Waals surface area contributed by atoms with Gasteiger partial charge in [0.15, 0.2) is 5.78 Å². The Bertz CT molecular complexity index is 357. The third-order valence-electron chi connectivity index (χ3n) is 6.00. The number of hydrogen-bond donors (Lipinski definition) is 0. The van der Waals surface area contributed by atoms with Crippen molar-refractivity contribution in [2.24, 2.45) is 0 Å². The van der Waals surface area contributed by atoms with Crippen LogP contribution in [0.2, 0.25) is 0 Å². The van der Waals surface area contributed by atoms with Crippen molar-refractivity contribution in [3.63, 3.8) is 0 Å². The Morgan fingerprint density at radius 1 is 0.905 bits per heavy atom. The molecular formula is C18H37NOP+. The van der Waals surface area contributed by atoms with E-state index in [-0.39, 0.29) is 0 Å². The molecule has 0 radical (unpaired) electrons. The van der Waals surface area contributed by atoms with Crippen LogP contribution < -0.4 is 0 Å². The van der Waals surface area contributed by atoms with Gasteiger partial charge in [0.1, 0.15) is 0 Å². The third kappa shape index (κ3) is 3.75. The van der Waals surface area contributed by atoms with Gasteiger partial charge >= 0.3 is 7.29 Å². The van der Waals surface area contributed by atoms with Crippen LogP contribution in [0.3, 0.4) is 0 Å². The zero-order valence-electron chi connectivity index (χ0n) is 14.5. The second-order valence-corrected chi connectivity index (χ2v) is 10.8. The van der Waals surface area contributed by atoms with Gasteiger partial charge in [-0.25, -0.2) is 0 Å². The third-order valence-corrected chi connectivity index (χ3v) is 10.3. The van der Waals surface area contributed by atoms with Crippen LogP contribution in [0.25, 0.3) is 0 Å². The van der Waals surface area contributed by atoms with E-state index in [1.165, 1.54) is 90.1 Å². The Balaban J connectivity index is 1.48. The minimum atomic E-state index is -1.78. The van der Waals surface area contributed by atoms with Crippen LogP contribution in [-0.2, 0) is 4.57 Å². The van der Waals surface area contributed by atoms with E-state index < -0.39 is 7.29 Å². The Kier molecular flexibility index (Phi) is 6.81. The van der Waals surface area contributed by atoms with E-state index in [4.69, 9.17) is 0 Å². The van der Waals surface area contributed by atoms with Crippen molar-refractivity contribution in [3.05, 3.63) is 0 Å². The molecular weight excluding hydrogens is 277 g/mol. The molecule has 2 saturated heterocycles. The molecule has 0 aliphatic carbocycles. The van der Waals surface area contributed by atoms with Crippen molar-refractivity contribution in [1.29, 1.82) is 0 Å². The number of rotatable bonds is 12. The van der Waals surface area contributed by atoms with Crippen LogP contribution in [0, 0.1) is 0 Å². The van der Waals surface area contributed by atoms with Crippen molar-refractivity contribution in [2.75, 3.05) is 19.3 Å². The van der Waals surface area contributed by atoms with Crippen molar-refractivity contribution in [3.8, 4) is 0 Å². The standard InChI is InChI=1S/C18H37NOP/c1-3-5-6-7-8-9-10-11-12-13-16-19-17-14-15-18(19)21(19,20)4-2/h18H,3-17H2,1-2H3/q+1. The van der Waals surface area contributed by atoms with Crippen LogP contribution >= 0.6 is 7.29 Å². The van der Waals surface area contributed by atoms with Crippen molar-refractivity contribution < 1.29 is 8.82 Å². The Morgan fingerprint density at radius 3 is 2.00 bits per heavy atom. The summed E-state index contributed by atoms with van der Waals surface area (Å²) in [7, 11) is -1.78. The smallest absolute Gasteiger partial charge is 0.266 e. The van der Waals surface area contributed by atoms with Gasteiger partial charge in [0.25, 0.3) is 0 Å². The average Bonchev–Trinajstić information content (AvgIpc) is 2.82. The maximum absolute atomic E-state index is 12.8. The van der Waals surface area contributed by atoms with Gasteiger partial charge in [0, 0.05) is 12.8 Å². The lowest BCUT2D eigenvalue weighted by molar-refractivity contribution is -0.743. The molecule has 21 heavy (non-hydrogen) atoms. The molecule has 0 saturated carbocycles. The highest BCUT2D eigenvalue weighted by Gasteiger charge is 2.77. The summed E-state index contributed by atoms with van der Waals surface area (Å²) < 4.78 is 13.9. The molecule has 2 rings (SSSR count). The average molecular weight is 314 g/mol. The van der Waals surface area contributed by atoms with E-state index in [9.17, 15) is 4.57 Å². The molecule has 124 valence electrons. The maximum Gasteiger partial charge on any atom is 0.303 e. The second-order valence-electron chi connectivity index (χ2n) is 7.31. The Labute approximate surface area is 132 Å². The molecule has 2 aliphatic heterocycles.